The molecule has 1 aliphatic carbocycles. The first-order valence-corrected chi connectivity index (χ1v) is 6.67. The number of amides is 1. The van der Waals surface area contributed by atoms with Crippen LogP contribution >= 0.6 is 0 Å². The molecule has 4 nitrogen and oxygen atoms in total. The molecule has 2 N–H and O–H groups in total. The Morgan fingerprint density at radius 1 is 1.26 bits per heavy atom. The minimum atomic E-state index is -0.755. The van der Waals surface area contributed by atoms with Gasteiger partial charge in [-0.2, -0.15) is 0 Å². The number of carboxylic acid groups (broad SMARTS) is 1. The molecule has 19 heavy (non-hydrogen) atoms. The van der Waals surface area contributed by atoms with E-state index < -0.39 is 5.97 Å². The fourth-order valence-corrected chi connectivity index (χ4v) is 2.64. The quantitative estimate of drug-likeness (QED) is 0.877. The van der Waals surface area contributed by atoms with Crippen LogP contribution in [0.5, 0.6) is 0 Å². The third-order valence-electron chi connectivity index (χ3n) is 3.75. The lowest BCUT2D eigenvalue weighted by Crippen LogP contribution is -2.40. The predicted molar refractivity (Wildman–Crippen MR) is 72.0 cm³/mol. The molecule has 1 aliphatic rings. The van der Waals surface area contributed by atoms with Crippen molar-refractivity contribution in [3.05, 3.63) is 35.4 Å². The molecule has 1 saturated carbocycles. The Labute approximate surface area is 112 Å². The standard InChI is InChI=1S/C15H19NO3/c1-10-5-2-3-8-13(10)14(17)16-12-7-4-6-11(9-12)15(18)19/h2-3,5,8,11-12H,4,6-7,9H2,1H3,(H,16,17)(H,18,19)/t11-,12+/m0/s1. The lowest BCUT2D eigenvalue weighted by molar-refractivity contribution is -0.143. The molecule has 102 valence electrons. The van der Waals surface area contributed by atoms with E-state index in [0.717, 1.165) is 18.4 Å². The molecule has 2 rings (SSSR count). The van der Waals surface area contributed by atoms with Gasteiger partial charge >= 0.3 is 5.97 Å². The minimum Gasteiger partial charge on any atom is -0.481 e. The van der Waals surface area contributed by atoms with Crippen LogP contribution in [0, 0.1) is 12.8 Å². The van der Waals surface area contributed by atoms with E-state index in [1.807, 2.05) is 25.1 Å². The number of aliphatic carboxylic acids is 1. The van der Waals surface area contributed by atoms with Crippen molar-refractivity contribution in [3.63, 3.8) is 0 Å². The van der Waals surface area contributed by atoms with Crippen molar-refractivity contribution in [2.45, 2.75) is 38.6 Å². The smallest absolute Gasteiger partial charge is 0.306 e. The van der Waals surface area contributed by atoms with Crippen LogP contribution in [0.1, 0.15) is 41.6 Å². The third kappa shape index (κ3) is 3.34. The maximum atomic E-state index is 12.2. The summed E-state index contributed by atoms with van der Waals surface area (Å²) < 4.78 is 0. The maximum absolute atomic E-state index is 12.2. The second-order valence-corrected chi connectivity index (χ2v) is 5.19. The normalized spacial score (nSPS) is 22.8. The summed E-state index contributed by atoms with van der Waals surface area (Å²) in [6.07, 6.45) is 2.97. The fraction of sp³-hybridized carbons (Fsp3) is 0.467. The molecule has 0 saturated heterocycles. The van der Waals surface area contributed by atoms with E-state index in [-0.39, 0.29) is 17.9 Å². The molecule has 0 bridgehead atoms. The van der Waals surface area contributed by atoms with Gasteiger partial charge in [-0.1, -0.05) is 24.6 Å². The van der Waals surface area contributed by atoms with E-state index in [4.69, 9.17) is 5.11 Å². The molecule has 0 heterocycles. The van der Waals surface area contributed by atoms with Crippen molar-refractivity contribution in [2.24, 2.45) is 5.92 Å². The van der Waals surface area contributed by atoms with E-state index >= 15 is 0 Å². The van der Waals surface area contributed by atoms with Gasteiger partial charge in [0.2, 0.25) is 0 Å². The van der Waals surface area contributed by atoms with Crippen molar-refractivity contribution in [1.82, 2.24) is 5.32 Å². The molecule has 0 radical (unpaired) electrons. The van der Waals surface area contributed by atoms with Gasteiger partial charge in [-0.15, -0.1) is 0 Å². The molecule has 0 aliphatic heterocycles. The molecule has 1 amide bonds. The largest absolute Gasteiger partial charge is 0.481 e. The zero-order valence-electron chi connectivity index (χ0n) is 11.1. The van der Waals surface area contributed by atoms with E-state index in [0.29, 0.717) is 18.4 Å². The van der Waals surface area contributed by atoms with Gasteiger partial charge in [0.25, 0.3) is 5.91 Å². The van der Waals surface area contributed by atoms with E-state index in [1.54, 1.807) is 6.07 Å². The Morgan fingerprint density at radius 2 is 2.00 bits per heavy atom. The van der Waals surface area contributed by atoms with Gasteiger partial charge in [0.1, 0.15) is 0 Å². The fourth-order valence-electron chi connectivity index (χ4n) is 2.64. The van der Waals surface area contributed by atoms with Crippen LogP contribution in [0.25, 0.3) is 0 Å². The summed E-state index contributed by atoms with van der Waals surface area (Å²) in [6.45, 7) is 1.90. The first kappa shape index (κ1) is 13.6. The van der Waals surface area contributed by atoms with Gasteiger partial charge in [-0.05, 0) is 37.8 Å². The molecule has 4 heteroatoms. The van der Waals surface area contributed by atoms with Gasteiger partial charge < -0.3 is 10.4 Å². The molecule has 0 aromatic heterocycles. The van der Waals surface area contributed by atoms with Crippen molar-refractivity contribution in [3.8, 4) is 0 Å². The van der Waals surface area contributed by atoms with Gasteiger partial charge in [-0.25, -0.2) is 0 Å². The highest BCUT2D eigenvalue weighted by molar-refractivity contribution is 5.95. The summed E-state index contributed by atoms with van der Waals surface area (Å²) in [6, 6.07) is 7.40. The van der Waals surface area contributed by atoms with Crippen molar-refractivity contribution < 1.29 is 14.7 Å². The molecule has 1 aromatic carbocycles. The topological polar surface area (TPSA) is 66.4 Å². The van der Waals surface area contributed by atoms with Crippen LogP contribution in [-0.2, 0) is 4.79 Å². The highest BCUT2D eigenvalue weighted by Crippen LogP contribution is 2.24. The third-order valence-corrected chi connectivity index (χ3v) is 3.75. The number of hydrogen-bond acceptors (Lipinski definition) is 2. The summed E-state index contributed by atoms with van der Waals surface area (Å²) in [4.78, 5) is 23.1. The molecule has 1 aromatic rings. The Balaban J connectivity index is 1.99. The number of benzene rings is 1. The lowest BCUT2D eigenvalue weighted by Gasteiger charge is -2.27. The SMILES string of the molecule is Cc1ccccc1C(=O)N[C@@H]1CCC[C@H](C(=O)O)C1. The second-order valence-electron chi connectivity index (χ2n) is 5.19. The highest BCUT2D eigenvalue weighted by atomic mass is 16.4. The molecule has 0 spiro atoms. The molecule has 1 fully saturated rings. The number of carboxylic acids is 1. The number of aryl methyl sites for hydroxylation is 1. The van der Waals surface area contributed by atoms with Crippen LogP contribution in [-0.4, -0.2) is 23.0 Å². The summed E-state index contributed by atoms with van der Waals surface area (Å²) in [5.41, 5.74) is 1.60. The van der Waals surface area contributed by atoms with Crippen LogP contribution in [0.2, 0.25) is 0 Å². The number of hydrogen-bond donors (Lipinski definition) is 2. The average Bonchev–Trinajstić information content (AvgIpc) is 2.39. The average molecular weight is 261 g/mol. The summed E-state index contributed by atoms with van der Waals surface area (Å²) in [7, 11) is 0. The second kappa shape index (κ2) is 5.87. The molecular formula is C15H19NO3. The van der Waals surface area contributed by atoms with Crippen LogP contribution in [0.15, 0.2) is 24.3 Å². The lowest BCUT2D eigenvalue weighted by atomic mass is 9.85. The van der Waals surface area contributed by atoms with Crippen LogP contribution in [0.4, 0.5) is 0 Å². The predicted octanol–water partition coefficient (Wildman–Crippen LogP) is 2.37. The van der Waals surface area contributed by atoms with Gasteiger partial charge in [0.15, 0.2) is 0 Å². The van der Waals surface area contributed by atoms with Gasteiger partial charge in [0.05, 0.1) is 5.92 Å². The molecule has 2 atom stereocenters. The number of carbonyl (C=O) groups is 2. The number of nitrogens with one attached hydrogen (secondary N) is 1. The first-order chi connectivity index (χ1) is 9.08. The zero-order valence-corrected chi connectivity index (χ0v) is 11.1. The van der Waals surface area contributed by atoms with E-state index in [2.05, 4.69) is 5.32 Å². The summed E-state index contributed by atoms with van der Waals surface area (Å²) in [5, 5.41) is 12.0. The van der Waals surface area contributed by atoms with Gasteiger partial charge in [0, 0.05) is 11.6 Å². The van der Waals surface area contributed by atoms with Crippen LogP contribution in [0.3, 0.4) is 0 Å². The zero-order chi connectivity index (χ0) is 13.8. The minimum absolute atomic E-state index is 0.0260. The number of carbonyl (C=O) groups excluding carboxylic acids is 1. The Hall–Kier alpha value is -1.84. The maximum Gasteiger partial charge on any atom is 0.306 e. The molecular weight excluding hydrogens is 242 g/mol. The van der Waals surface area contributed by atoms with Crippen molar-refractivity contribution in [1.29, 1.82) is 0 Å². The Kier molecular flexibility index (Phi) is 4.20. The number of rotatable bonds is 3. The molecule has 0 unspecified atom stereocenters. The van der Waals surface area contributed by atoms with E-state index in [9.17, 15) is 9.59 Å². The summed E-state index contributed by atoms with van der Waals surface area (Å²) in [5.74, 6) is -1.18. The van der Waals surface area contributed by atoms with Crippen LogP contribution < -0.4 is 5.32 Å². The van der Waals surface area contributed by atoms with Gasteiger partial charge in [-0.3, -0.25) is 9.59 Å². The van der Waals surface area contributed by atoms with Crippen molar-refractivity contribution >= 4 is 11.9 Å². The Morgan fingerprint density at radius 3 is 2.68 bits per heavy atom. The Bertz CT molecular complexity index is 484. The summed E-state index contributed by atoms with van der Waals surface area (Å²) >= 11 is 0. The first-order valence-electron chi connectivity index (χ1n) is 6.67. The van der Waals surface area contributed by atoms with Crippen molar-refractivity contribution in [2.75, 3.05) is 0 Å². The van der Waals surface area contributed by atoms with E-state index in [1.165, 1.54) is 0 Å². The highest BCUT2D eigenvalue weighted by Gasteiger charge is 2.28. The monoisotopic (exact) mass is 261 g/mol.